The number of aryl methyl sites for hydroxylation is 1. The summed E-state index contributed by atoms with van der Waals surface area (Å²) < 4.78 is 40.4. The molecule has 3 aromatic rings. The van der Waals surface area contributed by atoms with Crippen LogP contribution in [0.25, 0.3) is 11.4 Å². The number of thiophene rings is 1. The van der Waals surface area contributed by atoms with E-state index in [0.717, 1.165) is 36.4 Å². The molecule has 0 spiro atoms. The first-order valence-corrected chi connectivity index (χ1v) is 11.3. The van der Waals surface area contributed by atoms with E-state index in [1.54, 1.807) is 11.3 Å². The number of thioether (sulfide) groups is 1. The van der Waals surface area contributed by atoms with Gasteiger partial charge in [0.05, 0.1) is 11.3 Å². The van der Waals surface area contributed by atoms with Crippen molar-refractivity contribution < 1.29 is 18.0 Å². The Balaban J connectivity index is 1.69. The van der Waals surface area contributed by atoms with Crippen LogP contribution in [0.2, 0.25) is 0 Å². The van der Waals surface area contributed by atoms with Crippen molar-refractivity contribution in [2.24, 2.45) is 0 Å². The lowest BCUT2D eigenvalue weighted by Gasteiger charge is -2.10. The van der Waals surface area contributed by atoms with E-state index in [1.807, 2.05) is 16.9 Å². The van der Waals surface area contributed by atoms with Crippen molar-refractivity contribution in [3.63, 3.8) is 0 Å². The molecule has 3 rings (SSSR count). The third-order valence-electron chi connectivity index (χ3n) is 4.23. The number of benzene rings is 1. The number of alkyl halides is 3. The summed E-state index contributed by atoms with van der Waals surface area (Å²) in [6, 6.07) is 6.67. The molecule has 0 saturated heterocycles. The summed E-state index contributed by atoms with van der Waals surface area (Å²) in [7, 11) is 0. The molecular formula is C20H21F3N4OS2. The quantitative estimate of drug-likeness (QED) is 0.442. The minimum absolute atomic E-state index is 0.0158. The van der Waals surface area contributed by atoms with Crippen LogP contribution in [0.4, 0.5) is 18.9 Å². The van der Waals surface area contributed by atoms with Crippen LogP contribution < -0.4 is 5.32 Å². The van der Waals surface area contributed by atoms with E-state index in [0.29, 0.717) is 11.7 Å². The lowest BCUT2D eigenvalue weighted by atomic mass is 10.2. The Kier molecular flexibility index (Phi) is 7.19. The van der Waals surface area contributed by atoms with Gasteiger partial charge in [0, 0.05) is 28.1 Å². The summed E-state index contributed by atoms with van der Waals surface area (Å²) >= 11 is 2.88. The Hall–Kier alpha value is -2.33. The molecule has 0 aliphatic rings. The molecule has 0 fully saturated rings. The second-order valence-electron chi connectivity index (χ2n) is 6.53. The van der Waals surface area contributed by atoms with Gasteiger partial charge < -0.3 is 9.88 Å². The van der Waals surface area contributed by atoms with Gasteiger partial charge in [-0.05, 0) is 37.1 Å². The van der Waals surface area contributed by atoms with Crippen LogP contribution in [0.15, 0.2) is 40.9 Å². The highest BCUT2D eigenvalue weighted by atomic mass is 32.2. The van der Waals surface area contributed by atoms with Crippen LogP contribution in [-0.2, 0) is 23.9 Å². The highest BCUT2D eigenvalue weighted by molar-refractivity contribution is 7.99. The first kappa shape index (κ1) is 22.4. The van der Waals surface area contributed by atoms with E-state index in [4.69, 9.17) is 0 Å². The average Bonchev–Trinajstić information content (AvgIpc) is 3.33. The zero-order chi connectivity index (χ0) is 21.7. The molecule has 1 aromatic carbocycles. The smallest absolute Gasteiger partial charge is 0.325 e. The molecule has 2 heterocycles. The normalized spacial score (nSPS) is 11.6. The summed E-state index contributed by atoms with van der Waals surface area (Å²) in [5.41, 5.74) is 0.303. The highest BCUT2D eigenvalue weighted by Gasteiger charge is 2.30. The molecule has 2 aromatic heterocycles. The molecule has 0 radical (unpaired) electrons. The predicted octanol–water partition coefficient (Wildman–Crippen LogP) is 5.73. The first-order valence-electron chi connectivity index (χ1n) is 9.42. The van der Waals surface area contributed by atoms with Crippen molar-refractivity contribution in [3.8, 4) is 11.4 Å². The van der Waals surface area contributed by atoms with E-state index in [-0.39, 0.29) is 11.4 Å². The molecule has 0 aliphatic carbocycles. The largest absolute Gasteiger partial charge is 0.416 e. The molecular weight excluding hydrogens is 433 g/mol. The molecule has 160 valence electrons. The van der Waals surface area contributed by atoms with Crippen molar-refractivity contribution in [2.75, 3.05) is 11.1 Å². The summed E-state index contributed by atoms with van der Waals surface area (Å²) in [4.78, 5) is 13.5. The van der Waals surface area contributed by atoms with Gasteiger partial charge in [-0.3, -0.25) is 4.79 Å². The van der Waals surface area contributed by atoms with Gasteiger partial charge in [0.25, 0.3) is 0 Å². The van der Waals surface area contributed by atoms with Gasteiger partial charge >= 0.3 is 6.18 Å². The second kappa shape index (κ2) is 9.65. The number of nitrogens with zero attached hydrogens (tertiary/aromatic N) is 3. The van der Waals surface area contributed by atoms with E-state index < -0.39 is 17.6 Å². The Morgan fingerprint density at radius 1 is 1.23 bits per heavy atom. The lowest BCUT2D eigenvalue weighted by molar-refractivity contribution is -0.137. The molecule has 1 N–H and O–H groups in total. The van der Waals surface area contributed by atoms with Crippen molar-refractivity contribution in [1.29, 1.82) is 0 Å². The van der Waals surface area contributed by atoms with E-state index in [9.17, 15) is 18.0 Å². The lowest BCUT2D eigenvalue weighted by Crippen LogP contribution is -2.15. The number of anilines is 1. The number of aromatic nitrogens is 3. The van der Waals surface area contributed by atoms with Crippen molar-refractivity contribution in [1.82, 2.24) is 14.8 Å². The fourth-order valence-corrected chi connectivity index (χ4v) is 4.40. The minimum Gasteiger partial charge on any atom is -0.325 e. The summed E-state index contributed by atoms with van der Waals surface area (Å²) in [6.07, 6.45) is -2.63. The van der Waals surface area contributed by atoms with Crippen LogP contribution in [-0.4, -0.2) is 26.4 Å². The van der Waals surface area contributed by atoms with E-state index in [1.165, 1.54) is 28.8 Å². The van der Waals surface area contributed by atoms with Crippen LogP contribution >= 0.6 is 23.1 Å². The average molecular weight is 455 g/mol. The molecule has 0 atom stereocenters. The number of hydrogen-bond acceptors (Lipinski definition) is 5. The molecule has 10 heteroatoms. The number of amides is 1. The summed E-state index contributed by atoms with van der Waals surface area (Å²) in [5.74, 6) is 0.367. The zero-order valence-corrected chi connectivity index (χ0v) is 18.1. The minimum atomic E-state index is -4.46. The Morgan fingerprint density at radius 2 is 2.03 bits per heavy atom. The van der Waals surface area contributed by atoms with Gasteiger partial charge in [-0.25, -0.2) is 0 Å². The first-order chi connectivity index (χ1) is 14.3. The van der Waals surface area contributed by atoms with Crippen LogP contribution in [0.5, 0.6) is 0 Å². The van der Waals surface area contributed by atoms with E-state index in [2.05, 4.69) is 28.5 Å². The molecule has 1 amide bonds. The van der Waals surface area contributed by atoms with Crippen molar-refractivity contribution >= 4 is 34.7 Å². The maximum absolute atomic E-state index is 12.8. The maximum Gasteiger partial charge on any atom is 0.416 e. The third kappa shape index (κ3) is 5.42. The molecule has 5 nitrogen and oxygen atoms in total. The fraction of sp³-hybridized carbons (Fsp3) is 0.350. The van der Waals surface area contributed by atoms with E-state index >= 15 is 0 Å². The summed E-state index contributed by atoms with van der Waals surface area (Å²) in [6.45, 7) is 4.84. The molecule has 30 heavy (non-hydrogen) atoms. The van der Waals surface area contributed by atoms with Crippen LogP contribution in [0, 0.1) is 0 Å². The van der Waals surface area contributed by atoms with Gasteiger partial charge in [-0.2, -0.15) is 13.2 Å². The number of rotatable bonds is 8. The van der Waals surface area contributed by atoms with Gasteiger partial charge in [-0.15, -0.1) is 21.5 Å². The standard InChI is InChI=1S/C20H21F3N4OS2/c1-3-8-27-18(13-9-16(4-2)29-11-13)25-26-19(27)30-12-17(28)24-15-7-5-6-14(10-15)20(21,22)23/h5-7,9-11H,3-4,8,12H2,1-2H3,(H,24,28). The van der Waals surface area contributed by atoms with Crippen LogP contribution in [0.1, 0.15) is 30.7 Å². The number of halogens is 3. The molecule has 0 aliphatic heterocycles. The number of carbonyl (C=O) groups excluding carboxylic acids is 1. The van der Waals surface area contributed by atoms with Crippen molar-refractivity contribution in [2.45, 2.75) is 44.6 Å². The second-order valence-corrected chi connectivity index (χ2v) is 8.47. The number of carbonyl (C=O) groups is 1. The SMILES string of the molecule is CCCn1c(SCC(=O)Nc2cccc(C(F)(F)F)c2)nnc1-c1csc(CC)c1. The van der Waals surface area contributed by atoms with Crippen LogP contribution in [0.3, 0.4) is 0 Å². The molecule has 0 saturated carbocycles. The molecule has 0 unspecified atom stereocenters. The van der Waals surface area contributed by atoms with Gasteiger partial charge in [0.15, 0.2) is 11.0 Å². The fourth-order valence-electron chi connectivity index (χ4n) is 2.82. The Morgan fingerprint density at radius 3 is 2.70 bits per heavy atom. The topological polar surface area (TPSA) is 59.8 Å². The monoisotopic (exact) mass is 454 g/mol. The van der Waals surface area contributed by atoms with Gasteiger partial charge in [0.1, 0.15) is 0 Å². The predicted molar refractivity (Wildman–Crippen MR) is 114 cm³/mol. The van der Waals surface area contributed by atoms with Gasteiger partial charge in [-0.1, -0.05) is 31.7 Å². The number of hydrogen-bond donors (Lipinski definition) is 1. The van der Waals surface area contributed by atoms with Crippen molar-refractivity contribution in [3.05, 3.63) is 46.2 Å². The Bertz CT molecular complexity index is 1010. The third-order valence-corrected chi connectivity index (χ3v) is 6.28. The highest BCUT2D eigenvalue weighted by Crippen LogP contribution is 2.31. The summed E-state index contributed by atoms with van der Waals surface area (Å²) in [5, 5.41) is 13.7. The maximum atomic E-state index is 12.8. The molecule has 0 bridgehead atoms. The van der Waals surface area contributed by atoms with Gasteiger partial charge in [0.2, 0.25) is 5.91 Å². The Labute approximate surface area is 180 Å². The zero-order valence-electron chi connectivity index (χ0n) is 16.5. The number of nitrogens with one attached hydrogen (secondary N) is 1.